The molecule has 4 rings (SSSR count). The van der Waals surface area contributed by atoms with Crippen LogP contribution in [0.15, 0.2) is 77.7 Å². The van der Waals surface area contributed by atoms with Crippen LogP contribution in [0.25, 0.3) is 5.69 Å². The molecule has 29 heavy (non-hydrogen) atoms. The summed E-state index contributed by atoms with van der Waals surface area (Å²) in [6.45, 7) is 4.82. The zero-order valence-electron chi connectivity index (χ0n) is 16.4. The quantitative estimate of drug-likeness (QED) is 0.495. The summed E-state index contributed by atoms with van der Waals surface area (Å²) in [6, 6.07) is 17.1. The van der Waals surface area contributed by atoms with E-state index in [2.05, 4.69) is 10.1 Å². The normalized spacial score (nSPS) is 10.8. The van der Waals surface area contributed by atoms with E-state index in [4.69, 9.17) is 4.42 Å². The number of carbonyl (C=O) groups is 1. The average molecular weight is 386 g/mol. The lowest BCUT2D eigenvalue weighted by Crippen LogP contribution is -2.30. The van der Waals surface area contributed by atoms with Crippen LogP contribution in [-0.4, -0.2) is 25.6 Å². The summed E-state index contributed by atoms with van der Waals surface area (Å²) < 4.78 is 7.33. The molecular formula is C23H22N4O2. The lowest BCUT2D eigenvalue weighted by molar-refractivity contribution is 0.0717. The molecule has 0 aliphatic rings. The largest absolute Gasteiger partial charge is 0.467 e. The van der Waals surface area contributed by atoms with Gasteiger partial charge in [0.05, 0.1) is 24.2 Å². The van der Waals surface area contributed by atoms with Crippen LogP contribution in [0.3, 0.4) is 0 Å². The number of furan rings is 1. The second-order valence-corrected chi connectivity index (χ2v) is 6.99. The van der Waals surface area contributed by atoms with Crippen molar-refractivity contribution in [3.8, 4) is 5.69 Å². The van der Waals surface area contributed by atoms with E-state index in [1.807, 2.05) is 73.1 Å². The van der Waals surface area contributed by atoms with Crippen LogP contribution < -0.4 is 0 Å². The predicted molar refractivity (Wildman–Crippen MR) is 110 cm³/mol. The molecule has 3 heterocycles. The monoisotopic (exact) mass is 386 g/mol. The first-order valence-electron chi connectivity index (χ1n) is 9.44. The lowest BCUT2D eigenvalue weighted by Gasteiger charge is -2.22. The van der Waals surface area contributed by atoms with Crippen molar-refractivity contribution in [2.75, 3.05) is 0 Å². The number of rotatable bonds is 6. The smallest absolute Gasteiger partial charge is 0.254 e. The number of hydrogen-bond donors (Lipinski definition) is 0. The van der Waals surface area contributed by atoms with Gasteiger partial charge in [-0.3, -0.25) is 9.78 Å². The van der Waals surface area contributed by atoms with E-state index in [9.17, 15) is 4.79 Å². The minimum Gasteiger partial charge on any atom is -0.467 e. The number of aryl methyl sites for hydroxylation is 2. The molecule has 1 aromatic carbocycles. The Bertz CT molecular complexity index is 1080. The van der Waals surface area contributed by atoms with E-state index >= 15 is 0 Å². The van der Waals surface area contributed by atoms with Crippen molar-refractivity contribution in [2.45, 2.75) is 26.9 Å². The minimum absolute atomic E-state index is 0.0647. The highest BCUT2D eigenvalue weighted by Gasteiger charge is 2.18. The molecule has 0 bridgehead atoms. The Morgan fingerprint density at radius 2 is 1.90 bits per heavy atom. The number of carbonyl (C=O) groups excluding carboxylic acids is 1. The SMILES string of the molecule is Cc1cc(C)n(-c2ccc(C(=O)N(Cc3cccnc3)Cc3ccco3)cc2)n1. The number of nitrogens with zero attached hydrogens (tertiary/aromatic N) is 4. The van der Waals surface area contributed by atoms with Gasteiger partial charge in [0, 0.05) is 30.2 Å². The molecule has 0 aliphatic heterocycles. The fraction of sp³-hybridized carbons (Fsp3) is 0.174. The Hall–Kier alpha value is -3.67. The van der Waals surface area contributed by atoms with Gasteiger partial charge in [-0.2, -0.15) is 5.10 Å². The van der Waals surface area contributed by atoms with Crippen LogP contribution in [-0.2, 0) is 13.1 Å². The van der Waals surface area contributed by atoms with Crippen molar-refractivity contribution in [3.05, 3.63) is 102 Å². The Morgan fingerprint density at radius 1 is 1.07 bits per heavy atom. The molecule has 0 N–H and O–H groups in total. The van der Waals surface area contributed by atoms with Crippen LogP contribution in [0.5, 0.6) is 0 Å². The second kappa shape index (κ2) is 8.14. The minimum atomic E-state index is -0.0647. The number of hydrogen-bond acceptors (Lipinski definition) is 4. The molecule has 6 nitrogen and oxygen atoms in total. The van der Waals surface area contributed by atoms with E-state index in [1.54, 1.807) is 23.6 Å². The first-order valence-corrected chi connectivity index (χ1v) is 9.44. The summed E-state index contributed by atoms with van der Waals surface area (Å²) in [7, 11) is 0. The molecule has 0 saturated heterocycles. The molecule has 0 aliphatic carbocycles. The molecule has 0 fully saturated rings. The van der Waals surface area contributed by atoms with Crippen LogP contribution in [0.2, 0.25) is 0 Å². The molecular weight excluding hydrogens is 364 g/mol. The fourth-order valence-electron chi connectivity index (χ4n) is 3.32. The molecule has 4 aromatic rings. The van der Waals surface area contributed by atoms with Gasteiger partial charge in [0.1, 0.15) is 5.76 Å². The van der Waals surface area contributed by atoms with E-state index in [0.717, 1.165) is 28.4 Å². The van der Waals surface area contributed by atoms with Crippen molar-refractivity contribution < 1.29 is 9.21 Å². The molecule has 6 heteroatoms. The van der Waals surface area contributed by atoms with Crippen LogP contribution >= 0.6 is 0 Å². The highest BCUT2D eigenvalue weighted by atomic mass is 16.3. The van der Waals surface area contributed by atoms with Crippen molar-refractivity contribution >= 4 is 5.91 Å². The van der Waals surface area contributed by atoms with Gasteiger partial charge in [0.25, 0.3) is 5.91 Å². The first-order chi connectivity index (χ1) is 14.1. The molecule has 0 atom stereocenters. The van der Waals surface area contributed by atoms with E-state index < -0.39 is 0 Å². The maximum atomic E-state index is 13.2. The summed E-state index contributed by atoms with van der Waals surface area (Å²) >= 11 is 0. The zero-order valence-corrected chi connectivity index (χ0v) is 16.4. The maximum Gasteiger partial charge on any atom is 0.254 e. The first kappa shape index (κ1) is 18.7. The standard InChI is InChI=1S/C23H22N4O2/c1-17-13-18(2)27(25-17)21-9-7-20(8-10-21)23(28)26(16-22-6-4-12-29-22)15-19-5-3-11-24-14-19/h3-14H,15-16H2,1-2H3. The van der Waals surface area contributed by atoms with Gasteiger partial charge < -0.3 is 9.32 Å². The zero-order chi connectivity index (χ0) is 20.2. The van der Waals surface area contributed by atoms with Gasteiger partial charge in [0.2, 0.25) is 0 Å². The number of amides is 1. The van der Waals surface area contributed by atoms with E-state index in [-0.39, 0.29) is 5.91 Å². The van der Waals surface area contributed by atoms with Gasteiger partial charge in [0.15, 0.2) is 0 Å². The second-order valence-electron chi connectivity index (χ2n) is 6.99. The molecule has 3 aromatic heterocycles. The van der Waals surface area contributed by atoms with Crippen LogP contribution in [0, 0.1) is 13.8 Å². The molecule has 0 saturated carbocycles. The Kier molecular flexibility index (Phi) is 5.24. The predicted octanol–water partition coefficient (Wildman–Crippen LogP) is 4.32. The van der Waals surface area contributed by atoms with Crippen molar-refractivity contribution in [2.24, 2.45) is 0 Å². The third-order valence-electron chi connectivity index (χ3n) is 4.68. The highest BCUT2D eigenvalue weighted by molar-refractivity contribution is 5.94. The van der Waals surface area contributed by atoms with Crippen LogP contribution in [0.4, 0.5) is 0 Å². The Labute approximate surface area is 169 Å². The Balaban J connectivity index is 1.58. The molecule has 0 unspecified atom stereocenters. The molecule has 146 valence electrons. The highest BCUT2D eigenvalue weighted by Crippen LogP contribution is 2.17. The topological polar surface area (TPSA) is 64.2 Å². The maximum absolute atomic E-state index is 13.2. The summed E-state index contributed by atoms with van der Waals surface area (Å²) in [5.41, 5.74) is 4.52. The molecule has 0 radical (unpaired) electrons. The summed E-state index contributed by atoms with van der Waals surface area (Å²) in [6.07, 6.45) is 5.11. The summed E-state index contributed by atoms with van der Waals surface area (Å²) in [4.78, 5) is 19.1. The average Bonchev–Trinajstić information content (AvgIpc) is 3.37. The van der Waals surface area contributed by atoms with E-state index in [0.29, 0.717) is 18.7 Å². The third kappa shape index (κ3) is 4.27. The van der Waals surface area contributed by atoms with Gasteiger partial charge in [-0.25, -0.2) is 4.68 Å². The van der Waals surface area contributed by atoms with E-state index in [1.165, 1.54) is 0 Å². The molecule has 1 amide bonds. The summed E-state index contributed by atoms with van der Waals surface area (Å²) in [5.74, 6) is 0.673. The van der Waals surface area contributed by atoms with Crippen molar-refractivity contribution in [1.29, 1.82) is 0 Å². The third-order valence-corrected chi connectivity index (χ3v) is 4.68. The van der Waals surface area contributed by atoms with Gasteiger partial charge >= 0.3 is 0 Å². The van der Waals surface area contributed by atoms with Gasteiger partial charge in [-0.1, -0.05) is 6.07 Å². The number of pyridine rings is 1. The number of aromatic nitrogens is 3. The van der Waals surface area contributed by atoms with Gasteiger partial charge in [-0.15, -0.1) is 0 Å². The lowest BCUT2D eigenvalue weighted by atomic mass is 10.1. The van der Waals surface area contributed by atoms with Gasteiger partial charge in [-0.05, 0) is 67.9 Å². The van der Waals surface area contributed by atoms with Crippen molar-refractivity contribution in [3.63, 3.8) is 0 Å². The van der Waals surface area contributed by atoms with Crippen LogP contribution in [0.1, 0.15) is 33.1 Å². The fourth-order valence-corrected chi connectivity index (χ4v) is 3.32. The number of benzene rings is 1. The summed E-state index contributed by atoms with van der Waals surface area (Å²) in [5, 5.41) is 4.50. The van der Waals surface area contributed by atoms with Crippen molar-refractivity contribution in [1.82, 2.24) is 19.7 Å². The Morgan fingerprint density at radius 3 is 2.52 bits per heavy atom. The molecule has 0 spiro atoms.